The van der Waals surface area contributed by atoms with Gasteiger partial charge >= 0.3 is 0 Å². The molecule has 18 heavy (non-hydrogen) atoms. The van der Waals surface area contributed by atoms with E-state index in [4.69, 9.17) is 4.74 Å². The van der Waals surface area contributed by atoms with Gasteiger partial charge in [0.1, 0.15) is 5.82 Å². The normalized spacial score (nSPS) is 30.0. The van der Waals surface area contributed by atoms with Crippen LogP contribution in [0.2, 0.25) is 0 Å². The van der Waals surface area contributed by atoms with Gasteiger partial charge in [0, 0.05) is 19.0 Å². The zero-order chi connectivity index (χ0) is 12.5. The maximum Gasteiger partial charge on any atom is 0.126 e. The molecule has 2 bridgehead atoms. The summed E-state index contributed by atoms with van der Waals surface area (Å²) in [5, 5.41) is 3.47. The molecule has 1 aromatic rings. The molecule has 2 heterocycles. The third-order valence-electron chi connectivity index (χ3n) is 4.19. The second-order valence-electron chi connectivity index (χ2n) is 5.58. The van der Waals surface area contributed by atoms with Crippen molar-refractivity contribution in [2.45, 2.75) is 44.9 Å². The van der Waals surface area contributed by atoms with E-state index in [9.17, 15) is 4.39 Å². The van der Waals surface area contributed by atoms with Gasteiger partial charge < -0.3 is 10.1 Å². The van der Waals surface area contributed by atoms with Crippen molar-refractivity contribution in [2.24, 2.45) is 5.92 Å². The monoisotopic (exact) mass is 249 g/mol. The summed E-state index contributed by atoms with van der Waals surface area (Å²) in [5.74, 6) is 0.547. The maximum atomic E-state index is 13.1. The van der Waals surface area contributed by atoms with E-state index in [-0.39, 0.29) is 5.82 Å². The average molecular weight is 249 g/mol. The number of ether oxygens (including phenoxy) is 1. The quantitative estimate of drug-likeness (QED) is 0.886. The maximum absolute atomic E-state index is 13.1. The highest BCUT2D eigenvalue weighted by Gasteiger charge is 2.40. The number of rotatable bonds is 4. The van der Waals surface area contributed by atoms with Gasteiger partial charge in [0.15, 0.2) is 0 Å². The molecule has 0 aliphatic carbocycles. The molecule has 98 valence electrons. The highest BCUT2D eigenvalue weighted by molar-refractivity contribution is 5.23. The smallest absolute Gasteiger partial charge is 0.126 e. The van der Waals surface area contributed by atoms with Crippen LogP contribution in [0.3, 0.4) is 0 Å². The molecule has 2 fully saturated rings. The highest BCUT2D eigenvalue weighted by Crippen LogP contribution is 2.38. The lowest BCUT2D eigenvalue weighted by Gasteiger charge is -2.19. The SMILES string of the molecule is Cc1cc(CNCC2CC3CCC2O3)ccc1F. The Morgan fingerprint density at radius 2 is 2.28 bits per heavy atom. The molecule has 0 spiro atoms. The Morgan fingerprint density at radius 1 is 1.39 bits per heavy atom. The van der Waals surface area contributed by atoms with Gasteiger partial charge in [0.2, 0.25) is 0 Å². The van der Waals surface area contributed by atoms with Crippen LogP contribution in [0.15, 0.2) is 18.2 Å². The van der Waals surface area contributed by atoms with Crippen molar-refractivity contribution in [1.82, 2.24) is 5.32 Å². The van der Waals surface area contributed by atoms with E-state index in [1.807, 2.05) is 19.1 Å². The van der Waals surface area contributed by atoms with Crippen molar-refractivity contribution in [3.63, 3.8) is 0 Å². The minimum Gasteiger partial charge on any atom is -0.375 e. The fourth-order valence-electron chi connectivity index (χ4n) is 3.18. The summed E-state index contributed by atoms with van der Waals surface area (Å²) in [6, 6.07) is 5.32. The fourth-order valence-corrected chi connectivity index (χ4v) is 3.18. The highest BCUT2D eigenvalue weighted by atomic mass is 19.1. The number of benzene rings is 1. The van der Waals surface area contributed by atoms with E-state index in [0.717, 1.165) is 24.2 Å². The molecule has 2 aliphatic heterocycles. The Hall–Kier alpha value is -0.930. The first-order valence-electron chi connectivity index (χ1n) is 6.83. The van der Waals surface area contributed by atoms with Crippen molar-refractivity contribution < 1.29 is 9.13 Å². The van der Waals surface area contributed by atoms with E-state index in [1.54, 1.807) is 6.07 Å². The first kappa shape index (κ1) is 12.1. The van der Waals surface area contributed by atoms with Crippen molar-refractivity contribution >= 4 is 0 Å². The predicted octanol–water partition coefficient (Wildman–Crippen LogP) is 2.79. The second kappa shape index (κ2) is 4.98. The molecule has 1 N–H and O–H groups in total. The van der Waals surface area contributed by atoms with Gasteiger partial charge in [0.25, 0.3) is 0 Å². The van der Waals surface area contributed by atoms with Gasteiger partial charge in [0.05, 0.1) is 12.2 Å². The lowest BCUT2D eigenvalue weighted by molar-refractivity contribution is 0.0924. The van der Waals surface area contributed by atoms with Gasteiger partial charge in [-0.05, 0) is 43.4 Å². The Balaban J connectivity index is 1.48. The van der Waals surface area contributed by atoms with Crippen LogP contribution in [-0.2, 0) is 11.3 Å². The lowest BCUT2D eigenvalue weighted by Crippen LogP contribution is -2.29. The Bertz CT molecular complexity index is 435. The van der Waals surface area contributed by atoms with Crippen molar-refractivity contribution in [1.29, 1.82) is 0 Å². The van der Waals surface area contributed by atoms with Crippen LogP contribution in [0.5, 0.6) is 0 Å². The summed E-state index contributed by atoms with van der Waals surface area (Å²) in [6.07, 6.45) is 4.69. The number of aryl methyl sites for hydroxylation is 1. The molecule has 2 saturated heterocycles. The molecule has 3 heteroatoms. The molecular formula is C15H20FNO. The van der Waals surface area contributed by atoms with Crippen LogP contribution in [-0.4, -0.2) is 18.8 Å². The van der Waals surface area contributed by atoms with Gasteiger partial charge in [-0.25, -0.2) is 4.39 Å². The molecule has 0 radical (unpaired) electrons. The van der Waals surface area contributed by atoms with Crippen LogP contribution in [0.4, 0.5) is 4.39 Å². The third kappa shape index (κ3) is 2.43. The average Bonchev–Trinajstić information content (AvgIpc) is 2.96. The van der Waals surface area contributed by atoms with Crippen LogP contribution in [0.1, 0.15) is 30.4 Å². The van der Waals surface area contributed by atoms with E-state index in [0.29, 0.717) is 18.1 Å². The lowest BCUT2D eigenvalue weighted by atomic mass is 9.89. The molecule has 1 aromatic carbocycles. The first-order valence-corrected chi connectivity index (χ1v) is 6.83. The van der Waals surface area contributed by atoms with Crippen molar-refractivity contribution in [3.8, 4) is 0 Å². The van der Waals surface area contributed by atoms with E-state index in [1.165, 1.54) is 19.3 Å². The van der Waals surface area contributed by atoms with E-state index >= 15 is 0 Å². The van der Waals surface area contributed by atoms with E-state index in [2.05, 4.69) is 5.32 Å². The molecule has 3 rings (SSSR count). The molecule has 3 atom stereocenters. The summed E-state index contributed by atoms with van der Waals surface area (Å²) in [6.45, 7) is 3.63. The summed E-state index contributed by atoms with van der Waals surface area (Å²) < 4.78 is 19.0. The molecule has 0 saturated carbocycles. The fraction of sp³-hybridized carbons (Fsp3) is 0.600. The number of hydrogen-bond acceptors (Lipinski definition) is 2. The Kier molecular flexibility index (Phi) is 3.35. The minimum atomic E-state index is -0.125. The standard InChI is InChI=1S/C15H20FNO/c1-10-6-11(2-4-14(10)16)8-17-9-12-7-13-3-5-15(12)18-13/h2,4,6,12-13,15,17H,3,5,7-9H2,1H3. The number of halogens is 1. The molecule has 0 amide bonds. The summed E-state index contributed by atoms with van der Waals surface area (Å²) in [5.41, 5.74) is 1.87. The van der Waals surface area contributed by atoms with E-state index < -0.39 is 0 Å². The molecule has 2 nitrogen and oxygen atoms in total. The number of nitrogens with one attached hydrogen (secondary N) is 1. The van der Waals surface area contributed by atoms with Crippen LogP contribution in [0, 0.1) is 18.7 Å². The summed E-state index contributed by atoms with van der Waals surface area (Å²) in [7, 11) is 0. The van der Waals surface area contributed by atoms with Gasteiger partial charge in [-0.2, -0.15) is 0 Å². The van der Waals surface area contributed by atoms with Gasteiger partial charge in [-0.15, -0.1) is 0 Å². The molecule has 3 unspecified atom stereocenters. The molecule has 2 aliphatic rings. The Morgan fingerprint density at radius 3 is 2.94 bits per heavy atom. The van der Waals surface area contributed by atoms with Crippen LogP contribution >= 0.6 is 0 Å². The zero-order valence-corrected chi connectivity index (χ0v) is 10.8. The third-order valence-corrected chi connectivity index (χ3v) is 4.19. The molecule has 0 aromatic heterocycles. The van der Waals surface area contributed by atoms with Gasteiger partial charge in [-0.3, -0.25) is 0 Å². The molecular weight excluding hydrogens is 229 g/mol. The second-order valence-corrected chi connectivity index (χ2v) is 5.58. The van der Waals surface area contributed by atoms with Crippen LogP contribution in [0.25, 0.3) is 0 Å². The topological polar surface area (TPSA) is 21.3 Å². The predicted molar refractivity (Wildman–Crippen MR) is 68.8 cm³/mol. The number of hydrogen-bond donors (Lipinski definition) is 1. The minimum absolute atomic E-state index is 0.125. The van der Waals surface area contributed by atoms with Gasteiger partial charge in [-0.1, -0.05) is 12.1 Å². The number of fused-ring (bicyclic) bond motifs is 2. The Labute approximate surface area is 108 Å². The summed E-state index contributed by atoms with van der Waals surface area (Å²) >= 11 is 0. The zero-order valence-electron chi connectivity index (χ0n) is 10.8. The van der Waals surface area contributed by atoms with Crippen molar-refractivity contribution in [3.05, 3.63) is 35.1 Å². The summed E-state index contributed by atoms with van der Waals surface area (Å²) in [4.78, 5) is 0. The van der Waals surface area contributed by atoms with Crippen molar-refractivity contribution in [2.75, 3.05) is 6.54 Å². The first-order chi connectivity index (χ1) is 8.72. The largest absolute Gasteiger partial charge is 0.375 e. The van der Waals surface area contributed by atoms with Crippen LogP contribution < -0.4 is 5.32 Å².